The maximum Gasteiger partial charge on any atom is -0.0174 e. The molecule has 0 nitrogen and oxygen atoms in total. The van der Waals surface area contributed by atoms with Crippen molar-refractivity contribution < 1.29 is 0 Å². The first-order chi connectivity index (χ1) is 2.41. The molecule has 0 aliphatic carbocycles. The molecule has 0 saturated carbocycles. The fourth-order valence-electron chi connectivity index (χ4n) is 0.0514. The molecule has 0 saturated heterocycles. The molecule has 0 aromatic rings. The zero-order chi connectivity index (χ0) is 4.12. The van der Waals surface area contributed by atoms with Gasteiger partial charge in [0.25, 0.3) is 0 Å². The van der Waals surface area contributed by atoms with Crippen LogP contribution in [0.25, 0.3) is 0 Å². The van der Waals surface area contributed by atoms with E-state index in [1.165, 1.54) is 11.0 Å². The summed E-state index contributed by atoms with van der Waals surface area (Å²) in [6, 6.07) is 0. The Bertz CT molecular complexity index is 33.9. The Labute approximate surface area is 40.7 Å². The fraction of sp³-hybridized carbons (Fsp3) is 0.333. The van der Waals surface area contributed by atoms with Crippen molar-refractivity contribution in [2.45, 2.75) is 6.92 Å². The predicted octanol–water partition coefficient (Wildman–Crippen LogP) is 2.41. The van der Waals surface area contributed by atoms with Gasteiger partial charge in [0.15, 0.2) is 0 Å². The van der Waals surface area contributed by atoms with Gasteiger partial charge in [0, 0.05) is 0 Å². The van der Waals surface area contributed by atoms with Crippen LogP contribution in [0.1, 0.15) is 6.92 Å². The van der Waals surface area contributed by atoms with E-state index < -0.39 is 0 Å². The summed E-state index contributed by atoms with van der Waals surface area (Å²) >= 11 is 0. The molecule has 0 atom stereocenters. The van der Waals surface area contributed by atoms with E-state index in [-0.39, 0.29) is 0 Å². The molecule has 0 unspecified atom stereocenters. The van der Waals surface area contributed by atoms with Crippen molar-refractivity contribution >= 4 is 21.7 Å². The largest absolute Gasteiger partial charge is 0.0801 e. The average molecular weight is 109 g/mol. The van der Waals surface area contributed by atoms with Crippen molar-refractivity contribution in [1.29, 1.82) is 0 Å². The maximum atomic E-state index is 5.13. The van der Waals surface area contributed by atoms with Crippen LogP contribution in [0, 0.1) is 0 Å². The standard InChI is InChI=1S/C3H5ClS/c1-2-3-5-4/h2-3H,1H3/b3-2-. The van der Waals surface area contributed by atoms with Gasteiger partial charge >= 0.3 is 0 Å². The first kappa shape index (κ1) is 5.38. The highest BCUT2D eigenvalue weighted by atomic mass is 35.7. The van der Waals surface area contributed by atoms with Crippen LogP contribution in [0.3, 0.4) is 0 Å². The molecule has 2 heteroatoms. The molecule has 0 N–H and O–H groups in total. The summed E-state index contributed by atoms with van der Waals surface area (Å²) in [6.45, 7) is 1.93. The molecule has 5 heavy (non-hydrogen) atoms. The predicted molar refractivity (Wildman–Crippen MR) is 28.3 cm³/mol. The summed E-state index contributed by atoms with van der Waals surface area (Å²) in [7, 11) is 6.32. The van der Waals surface area contributed by atoms with Gasteiger partial charge in [-0.1, -0.05) is 6.08 Å². The van der Waals surface area contributed by atoms with Gasteiger partial charge in [-0.2, -0.15) is 0 Å². The Morgan fingerprint density at radius 2 is 2.40 bits per heavy atom. The highest BCUT2D eigenvalue weighted by Gasteiger charge is 1.55. The average Bonchev–Trinajstić information content (AvgIpc) is 1.41. The molecular formula is C3H5ClS. The summed E-state index contributed by atoms with van der Waals surface area (Å²) in [5.41, 5.74) is 0. The van der Waals surface area contributed by atoms with E-state index >= 15 is 0 Å². The lowest BCUT2D eigenvalue weighted by molar-refractivity contribution is 1.79. The lowest BCUT2D eigenvalue weighted by Crippen LogP contribution is -1.26. The molecule has 0 aliphatic heterocycles. The molecule has 0 aliphatic rings. The number of allylic oxidation sites excluding steroid dienone is 1. The minimum absolute atomic E-state index is 1.19. The van der Waals surface area contributed by atoms with Crippen molar-refractivity contribution in [3.8, 4) is 0 Å². The Hall–Kier alpha value is 0.380. The van der Waals surface area contributed by atoms with E-state index in [1.807, 2.05) is 18.4 Å². The molecule has 0 aromatic carbocycles. The smallest absolute Gasteiger partial charge is 0.0174 e. The maximum absolute atomic E-state index is 5.13. The van der Waals surface area contributed by atoms with E-state index in [0.29, 0.717) is 0 Å². The Kier molecular flexibility index (Phi) is 4.71. The molecular weight excluding hydrogens is 104 g/mol. The van der Waals surface area contributed by atoms with Gasteiger partial charge in [0.1, 0.15) is 0 Å². The van der Waals surface area contributed by atoms with E-state index in [0.717, 1.165) is 0 Å². The van der Waals surface area contributed by atoms with Gasteiger partial charge in [-0.05, 0) is 34.0 Å². The minimum atomic E-state index is 1.19. The lowest BCUT2D eigenvalue weighted by atomic mass is 10.8. The first-order valence-electron chi connectivity index (χ1n) is 1.30. The molecule has 0 amide bonds. The van der Waals surface area contributed by atoms with Crippen LogP contribution in [-0.4, -0.2) is 0 Å². The van der Waals surface area contributed by atoms with Crippen LogP contribution in [0.2, 0.25) is 0 Å². The van der Waals surface area contributed by atoms with Gasteiger partial charge in [-0.25, -0.2) is 0 Å². The van der Waals surface area contributed by atoms with Crippen LogP contribution < -0.4 is 0 Å². The number of rotatable bonds is 1. The molecule has 0 fully saturated rings. The third-order valence-corrected chi connectivity index (χ3v) is 0.871. The zero-order valence-corrected chi connectivity index (χ0v) is 4.51. The van der Waals surface area contributed by atoms with E-state index in [9.17, 15) is 0 Å². The lowest BCUT2D eigenvalue weighted by Gasteiger charge is -1.62. The quantitative estimate of drug-likeness (QED) is 0.497. The van der Waals surface area contributed by atoms with Crippen molar-refractivity contribution in [3.05, 3.63) is 11.5 Å². The zero-order valence-electron chi connectivity index (χ0n) is 2.94. The van der Waals surface area contributed by atoms with E-state index in [2.05, 4.69) is 0 Å². The third-order valence-electron chi connectivity index (χ3n) is 0.188. The minimum Gasteiger partial charge on any atom is -0.0801 e. The topological polar surface area (TPSA) is 0 Å². The number of hydrogen-bond acceptors (Lipinski definition) is 1. The highest BCUT2D eigenvalue weighted by molar-refractivity contribution is 8.23. The monoisotopic (exact) mass is 108 g/mol. The molecule has 30 valence electrons. The van der Waals surface area contributed by atoms with Crippen molar-refractivity contribution in [3.63, 3.8) is 0 Å². The van der Waals surface area contributed by atoms with Crippen LogP contribution in [0.4, 0.5) is 0 Å². The molecule has 0 bridgehead atoms. The van der Waals surface area contributed by atoms with E-state index in [4.69, 9.17) is 10.7 Å². The fourth-order valence-corrected chi connectivity index (χ4v) is 0.463. The number of hydrogen-bond donors (Lipinski definition) is 0. The molecule has 0 radical (unpaired) electrons. The summed E-state index contributed by atoms with van der Waals surface area (Å²) < 4.78 is 0. The second-order valence-electron chi connectivity index (χ2n) is 0.559. The van der Waals surface area contributed by atoms with Crippen molar-refractivity contribution in [2.75, 3.05) is 0 Å². The van der Waals surface area contributed by atoms with Gasteiger partial charge in [-0.15, -0.1) is 0 Å². The summed E-state index contributed by atoms with van der Waals surface area (Å²) in [5, 5.41) is 1.81. The van der Waals surface area contributed by atoms with Crippen LogP contribution in [0.15, 0.2) is 11.5 Å². The Morgan fingerprint density at radius 1 is 1.80 bits per heavy atom. The normalized spacial score (nSPS) is 10.0. The Morgan fingerprint density at radius 3 is 2.40 bits per heavy atom. The van der Waals surface area contributed by atoms with Crippen LogP contribution in [-0.2, 0) is 0 Å². The van der Waals surface area contributed by atoms with Gasteiger partial charge in [0.05, 0.1) is 0 Å². The summed E-state index contributed by atoms with van der Waals surface area (Å²) in [4.78, 5) is 0. The number of halogens is 1. The van der Waals surface area contributed by atoms with Gasteiger partial charge < -0.3 is 0 Å². The molecule has 0 spiro atoms. The van der Waals surface area contributed by atoms with Crippen molar-refractivity contribution in [1.82, 2.24) is 0 Å². The van der Waals surface area contributed by atoms with E-state index in [1.54, 1.807) is 0 Å². The molecule has 0 aromatic heterocycles. The van der Waals surface area contributed by atoms with Crippen molar-refractivity contribution in [2.24, 2.45) is 0 Å². The van der Waals surface area contributed by atoms with Crippen LogP contribution >= 0.6 is 21.7 Å². The highest BCUT2D eigenvalue weighted by Crippen LogP contribution is 2.05. The molecule has 0 rings (SSSR count). The second kappa shape index (κ2) is 4.38. The summed E-state index contributed by atoms with van der Waals surface area (Å²) in [6.07, 6.45) is 1.89. The second-order valence-corrected chi connectivity index (χ2v) is 1.54. The van der Waals surface area contributed by atoms with Gasteiger partial charge in [0.2, 0.25) is 0 Å². The van der Waals surface area contributed by atoms with Gasteiger partial charge in [-0.3, -0.25) is 0 Å². The third kappa shape index (κ3) is 4.38. The molecule has 0 heterocycles. The SMILES string of the molecule is C/C=C\SCl. The Balaban J connectivity index is 2.62. The summed E-state index contributed by atoms with van der Waals surface area (Å²) in [5.74, 6) is 0. The van der Waals surface area contributed by atoms with Crippen LogP contribution in [0.5, 0.6) is 0 Å². The first-order valence-corrected chi connectivity index (χ1v) is 3.01.